The van der Waals surface area contributed by atoms with Gasteiger partial charge in [0, 0.05) is 24.5 Å². The van der Waals surface area contributed by atoms with Gasteiger partial charge < -0.3 is 5.32 Å². The Morgan fingerprint density at radius 1 is 0.952 bits per heavy atom. The second kappa shape index (κ2) is 6.13. The zero-order valence-corrected chi connectivity index (χ0v) is 11.5. The summed E-state index contributed by atoms with van der Waals surface area (Å²) in [5, 5.41) is 2.90. The van der Waals surface area contributed by atoms with E-state index in [-0.39, 0.29) is 5.91 Å². The Hall–Kier alpha value is -2.75. The number of aromatic nitrogens is 2. The molecule has 1 amide bonds. The van der Waals surface area contributed by atoms with Crippen molar-refractivity contribution in [3.63, 3.8) is 0 Å². The summed E-state index contributed by atoms with van der Waals surface area (Å²) in [6, 6.07) is 15.5. The molecule has 1 aromatic heterocycles. The summed E-state index contributed by atoms with van der Waals surface area (Å²) < 4.78 is 0. The molecule has 0 aliphatic rings. The van der Waals surface area contributed by atoms with E-state index in [1.807, 2.05) is 48.5 Å². The Labute approximate surface area is 122 Å². The van der Waals surface area contributed by atoms with Crippen LogP contribution in [0.25, 0.3) is 11.0 Å². The maximum atomic E-state index is 12.0. The molecule has 1 N–H and O–H groups in total. The Balaban J connectivity index is 1.63. The van der Waals surface area contributed by atoms with E-state index < -0.39 is 0 Å². The molecule has 2 aromatic carbocycles. The normalized spacial score (nSPS) is 10.5. The summed E-state index contributed by atoms with van der Waals surface area (Å²) in [4.78, 5) is 20.4. The van der Waals surface area contributed by atoms with E-state index in [1.165, 1.54) is 0 Å². The van der Waals surface area contributed by atoms with Crippen LogP contribution in [-0.4, -0.2) is 15.9 Å². The van der Waals surface area contributed by atoms with Crippen LogP contribution in [0.15, 0.2) is 60.9 Å². The molecule has 3 rings (SSSR count). The predicted octanol–water partition coefficient (Wildman–Crippen LogP) is 3.20. The minimum Gasteiger partial charge on any atom is -0.326 e. The summed E-state index contributed by atoms with van der Waals surface area (Å²) in [7, 11) is 0. The Bertz CT molecular complexity index is 756. The summed E-state index contributed by atoms with van der Waals surface area (Å²) in [6.07, 6.45) is 4.49. The lowest BCUT2D eigenvalue weighted by Gasteiger charge is -2.06. The van der Waals surface area contributed by atoms with Gasteiger partial charge in [0.25, 0.3) is 0 Å². The summed E-state index contributed by atoms with van der Waals surface area (Å²) in [5.74, 6) is 0.00194. The van der Waals surface area contributed by atoms with Crippen LogP contribution in [0.4, 0.5) is 5.69 Å². The molecule has 0 unspecified atom stereocenters. The lowest BCUT2D eigenvalue weighted by atomic mass is 10.1. The Morgan fingerprint density at radius 2 is 1.71 bits per heavy atom. The van der Waals surface area contributed by atoms with Gasteiger partial charge >= 0.3 is 0 Å². The van der Waals surface area contributed by atoms with Crippen LogP contribution in [0.5, 0.6) is 0 Å². The molecule has 0 radical (unpaired) electrons. The third-order valence-electron chi connectivity index (χ3n) is 3.24. The van der Waals surface area contributed by atoms with Gasteiger partial charge in [0.05, 0.1) is 11.0 Å². The molecule has 0 bridgehead atoms. The summed E-state index contributed by atoms with van der Waals surface area (Å²) in [6.45, 7) is 0. The van der Waals surface area contributed by atoms with Crippen molar-refractivity contribution >= 4 is 22.6 Å². The van der Waals surface area contributed by atoms with E-state index in [2.05, 4.69) is 15.3 Å². The maximum Gasteiger partial charge on any atom is 0.224 e. The molecule has 0 aliphatic heterocycles. The van der Waals surface area contributed by atoms with E-state index >= 15 is 0 Å². The van der Waals surface area contributed by atoms with Crippen molar-refractivity contribution in [2.75, 3.05) is 5.32 Å². The maximum absolute atomic E-state index is 12.0. The molecule has 0 aliphatic carbocycles. The zero-order chi connectivity index (χ0) is 14.5. The van der Waals surface area contributed by atoms with Gasteiger partial charge in [-0.05, 0) is 30.2 Å². The number of hydrogen-bond donors (Lipinski definition) is 1. The van der Waals surface area contributed by atoms with E-state index in [0.29, 0.717) is 6.42 Å². The van der Waals surface area contributed by atoms with Crippen molar-refractivity contribution in [2.45, 2.75) is 12.8 Å². The molecule has 104 valence electrons. The second-order valence-corrected chi connectivity index (χ2v) is 4.79. The van der Waals surface area contributed by atoms with E-state index in [1.54, 1.807) is 12.4 Å². The van der Waals surface area contributed by atoms with Crippen molar-refractivity contribution in [1.82, 2.24) is 9.97 Å². The summed E-state index contributed by atoms with van der Waals surface area (Å²) >= 11 is 0. The van der Waals surface area contributed by atoms with Gasteiger partial charge in [-0.2, -0.15) is 0 Å². The molecule has 21 heavy (non-hydrogen) atoms. The molecule has 3 aromatic rings. The fraction of sp³-hybridized carbons (Fsp3) is 0.118. The number of anilines is 1. The van der Waals surface area contributed by atoms with E-state index in [0.717, 1.165) is 28.7 Å². The molecule has 0 saturated heterocycles. The number of hydrogen-bond acceptors (Lipinski definition) is 3. The largest absolute Gasteiger partial charge is 0.326 e. The number of nitrogens with zero attached hydrogens (tertiary/aromatic N) is 2. The van der Waals surface area contributed by atoms with Crippen LogP contribution in [0.3, 0.4) is 0 Å². The lowest BCUT2D eigenvalue weighted by molar-refractivity contribution is -0.116. The van der Waals surface area contributed by atoms with Gasteiger partial charge in [0.2, 0.25) is 5.91 Å². The summed E-state index contributed by atoms with van der Waals surface area (Å²) in [5.41, 5.74) is 3.51. The average Bonchev–Trinajstić information content (AvgIpc) is 2.54. The van der Waals surface area contributed by atoms with Gasteiger partial charge in [-0.1, -0.05) is 30.3 Å². The Kier molecular flexibility index (Phi) is 3.87. The first kappa shape index (κ1) is 13.2. The molecule has 0 spiro atoms. The number of carbonyl (C=O) groups excluding carboxylic acids is 1. The molecule has 0 atom stereocenters. The van der Waals surface area contributed by atoms with Crippen LogP contribution >= 0.6 is 0 Å². The van der Waals surface area contributed by atoms with Gasteiger partial charge in [0.1, 0.15) is 0 Å². The molecule has 0 saturated carbocycles. The van der Waals surface area contributed by atoms with Crippen LogP contribution in [-0.2, 0) is 11.2 Å². The fourth-order valence-corrected chi connectivity index (χ4v) is 2.17. The highest BCUT2D eigenvalue weighted by atomic mass is 16.1. The van der Waals surface area contributed by atoms with Crippen molar-refractivity contribution in [1.29, 1.82) is 0 Å². The predicted molar refractivity (Wildman–Crippen MR) is 82.9 cm³/mol. The van der Waals surface area contributed by atoms with E-state index in [4.69, 9.17) is 0 Å². The van der Waals surface area contributed by atoms with Crippen LogP contribution in [0, 0.1) is 0 Å². The lowest BCUT2D eigenvalue weighted by Crippen LogP contribution is -2.12. The molecular formula is C17H15N3O. The third kappa shape index (κ3) is 3.42. The number of fused-ring (bicyclic) bond motifs is 1. The highest BCUT2D eigenvalue weighted by Crippen LogP contribution is 2.15. The monoisotopic (exact) mass is 277 g/mol. The van der Waals surface area contributed by atoms with Gasteiger partial charge in [-0.15, -0.1) is 0 Å². The topological polar surface area (TPSA) is 54.9 Å². The minimum atomic E-state index is 0.00194. The first-order chi connectivity index (χ1) is 10.3. The van der Waals surface area contributed by atoms with Gasteiger partial charge in [0.15, 0.2) is 0 Å². The molecule has 4 nitrogen and oxygen atoms in total. The Morgan fingerprint density at radius 3 is 2.52 bits per heavy atom. The molecule has 1 heterocycles. The number of rotatable bonds is 4. The standard InChI is InChI=1S/C17H15N3O/c21-17(9-6-13-4-2-1-3-5-13)20-14-7-8-15-16(12-14)19-11-10-18-15/h1-5,7-8,10-12H,6,9H2,(H,20,21). The van der Waals surface area contributed by atoms with Crippen molar-refractivity contribution in [3.05, 3.63) is 66.5 Å². The first-order valence-electron chi connectivity index (χ1n) is 6.86. The smallest absolute Gasteiger partial charge is 0.224 e. The van der Waals surface area contributed by atoms with Crippen LogP contribution < -0.4 is 5.32 Å². The van der Waals surface area contributed by atoms with Crippen molar-refractivity contribution in [3.8, 4) is 0 Å². The zero-order valence-electron chi connectivity index (χ0n) is 11.5. The highest BCUT2D eigenvalue weighted by molar-refractivity contribution is 5.92. The number of carbonyl (C=O) groups is 1. The van der Waals surface area contributed by atoms with Crippen molar-refractivity contribution in [2.24, 2.45) is 0 Å². The van der Waals surface area contributed by atoms with Gasteiger partial charge in [-0.3, -0.25) is 14.8 Å². The number of nitrogens with one attached hydrogen (secondary N) is 1. The molecule has 4 heteroatoms. The van der Waals surface area contributed by atoms with Crippen LogP contribution in [0.2, 0.25) is 0 Å². The average molecular weight is 277 g/mol. The number of aryl methyl sites for hydroxylation is 1. The number of amides is 1. The highest BCUT2D eigenvalue weighted by Gasteiger charge is 2.04. The quantitative estimate of drug-likeness (QED) is 0.796. The SMILES string of the molecule is O=C(CCc1ccccc1)Nc1ccc2nccnc2c1. The van der Waals surface area contributed by atoms with E-state index in [9.17, 15) is 4.79 Å². The van der Waals surface area contributed by atoms with Crippen LogP contribution in [0.1, 0.15) is 12.0 Å². The second-order valence-electron chi connectivity index (χ2n) is 4.79. The molecule has 0 fully saturated rings. The third-order valence-corrected chi connectivity index (χ3v) is 3.24. The fourth-order valence-electron chi connectivity index (χ4n) is 2.17. The molecular weight excluding hydrogens is 262 g/mol. The van der Waals surface area contributed by atoms with Gasteiger partial charge in [-0.25, -0.2) is 0 Å². The van der Waals surface area contributed by atoms with Crippen molar-refractivity contribution < 1.29 is 4.79 Å². The first-order valence-corrected chi connectivity index (χ1v) is 6.86. The minimum absolute atomic E-state index is 0.00194. The number of benzene rings is 2.